The van der Waals surface area contributed by atoms with Gasteiger partial charge in [-0.3, -0.25) is 0 Å². The molecule has 0 bridgehead atoms. The van der Waals surface area contributed by atoms with E-state index in [9.17, 15) is 8.42 Å². The summed E-state index contributed by atoms with van der Waals surface area (Å²) in [5.74, 6) is 0.932. The first kappa shape index (κ1) is 15.8. The van der Waals surface area contributed by atoms with Crippen LogP contribution in [0.5, 0.6) is 5.75 Å². The number of hydrogen-bond donors (Lipinski definition) is 3. The van der Waals surface area contributed by atoms with Crippen LogP contribution < -0.4 is 15.2 Å². The maximum Gasteiger partial charge on any atom is 0.244 e. The number of nitrogen functional groups attached to an aromatic ring is 1. The van der Waals surface area contributed by atoms with Crippen LogP contribution in [0.1, 0.15) is 5.82 Å². The Morgan fingerprint density at radius 3 is 2.86 bits per heavy atom. The first-order valence-electron chi connectivity index (χ1n) is 6.05. The summed E-state index contributed by atoms with van der Waals surface area (Å²) in [6, 6.07) is 2.88. The Kier molecular flexibility index (Phi) is 4.86. The summed E-state index contributed by atoms with van der Waals surface area (Å²) in [6.45, 7) is 0.217. The van der Waals surface area contributed by atoms with E-state index in [0.29, 0.717) is 22.4 Å². The van der Waals surface area contributed by atoms with Gasteiger partial charge in [-0.25, -0.2) is 18.1 Å². The maximum atomic E-state index is 12.3. The smallest absolute Gasteiger partial charge is 0.244 e. The number of methoxy groups -OCH3 is 1. The highest BCUT2D eigenvalue weighted by Crippen LogP contribution is 2.32. The summed E-state index contributed by atoms with van der Waals surface area (Å²) in [7, 11) is -2.31. The van der Waals surface area contributed by atoms with Gasteiger partial charge in [0.15, 0.2) is 0 Å². The van der Waals surface area contributed by atoms with Gasteiger partial charge in [0, 0.05) is 35.5 Å². The van der Waals surface area contributed by atoms with Gasteiger partial charge in [0.25, 0.3) is 0 Å². The highest BCUT2D eigenvalue weighted by molar-refractivity contribution is 9.10. The molecular formula is C12H15BrN4O3S. The zero-order valence-corrected chi connectivity index (χ0v) is 13.7. The molecule has 21 heavy (non-hydrogen) atoms. The minimum Gasteiger partial charge on any atom is -0.495 e. The SMILES string of the molecule is COc1cc(Br)c(N)cc1S(=O)(=O)NCCc1ncc[nH]1. The zero-order chi connectivity index (χ0) is 15.5. The molecule has 0 unspecified atom stereocenters. The molecule has 0 fully saturated rings. The molecule has 4 N–H and O–H groups in total. The Morgan fingerprint density at radius 2 is 2.24 bits per heavy atom. The summed E-state index contributed by atoms with van der Waals surface area (Å²) in [4.78, 5) is 6.94. The number of rotatable bonds is 6. The number of H-pyrrole nitrogens is 1. The van der Waals surface area contributed by atoms with E-state index < -0.39 is 10.0 Å². The molecule has 0 amide bonds. The molecule has 0 aliphatic heterocycles. The number of nitrogens with zero attached hydrogens (tertiary/aromatic N) is 1. The van der Waals surface area contributed by atoms with Crippen LogP contribution in [0.3, 0.4) is 0 Å². The molecule has 0 spiro atoms. The standard InChI is InChI=1S/C12H15BrN4O3S/c1-20-10-6-8(13)9(14)7-11(10)21(18,19)17-3-2-12-15-4-5-16-12/h4-7,17H,2-3,14H2,1H3,(H,15,16). The first-order chi connectivity index (χ1) is 9.94. The van der Waals surface area contributed by atoms with E-state index in [1.54, 1.807) is 12.4 Å². The fourth-order valence-corrected chi connectivity index (χ4v) is 3.27. The van der Waals surface area contributed by atoms with Crippen LogP contribution in [0, 0.1) is 0 Å². The van der Waals surface area contributed by atoms with Crippen molar-refractivity contribution in [2.75, 3.05) is 19.4 Å². The van der Waals surface area contributed by atoms with Gasteiger partial charge in [0.1, 0.15) is 16.5 Å². The van der Waals surface area contributed by atoms with Crippen molar-refractivity contribution < 1.29 is 13.2 Å². The van der Waals surface area contributed by atoms with Gasteiger partial charge in [-0.15, -0.1) is 0 Å². The van der Waals surface area contributed by atoms with Gasteiger partial charge < -0.3 is 15.5 Å². The number of benzene rings is 1. The second-order valence-corrected chi connectivity index (χ2v) is 6.80. The minimum atomic E-state index is -3.71. The van der Waals surface area contributed by atoms with Crippen LogP contribution in [0.2, 0.25) is 0 Å². The van der Waals surface area contributed by atoms with E-state index >= 15 is 0 Å². The summed E-state index contributed by atoms with van der Waals surface area (Å²) >= 11 is 3.23. The lowest BCUT2D eigenvalue weighted by molar-refractivity contribution is 0.402. The van der Waals surface area contributed by atoms with Crippen molar-refractivity contribution in [1.82, 2.24) is 14.7 Å². The lowest BCUT2D eigenvalue weighted by Gasteiger charge is -2.12. The number of sulfonamides is 1. The third-order valence-corrected chi connectivity index (χ3v) is 4.95. The fraction of sp³-hybridized carbons (Fsp3) is 0.250. The number of nitrogens with two attached hydrogens (primary N) is 1. The maximum absolute atomic E-state index is 12.3. The number of anilines is 1. The molecule has 0 radical (unpaired) electrons. The Morgan fingerprint density at radius 1 is 1.48 bits per heavy atom. The molecule has 9 heteroatoms. The van der Waals surface area contributed by atoms with Crippen molar-refractivity contribution in [2.45, 2.75) is 11.3 Å². The van der Waals surface area contributed by atoms with E-state index in [1.807, 2.05) is 0 Å². The molecule has 0 saturated carbocycles. The lowest BCUT2D eigenvalue weighted by atomic mass is 10.3. The third-order valence-electron chi connectivity index (χ3n) is 2.78. The van der Waals surface area contributed by atoms with Crippen molar-refractivity contribution in [3.05, 3.63) is 34.8 Å². The van der Waals surface area contributed by atoms with E-state index in [0.717, 1.165) is 0 Å². The Labute approximate surface area is 131 Å². The molecule has 2 rings (SSSR count). The number of aromatic nitrogens is 2. The molecule has 2 aromatic rings. The summed E-state index contributed by atoms with van der Waals surface area (Å²) in [5, 5.41) is 0. The van der Waals surface area contributed by atoms with E-state index in [2.05, 4.69) is 30.6 Å². The van der Waals surface area contributed by atoms with E-state index in [-0.39, 0.29) is 17.2 Å². The topological polar surface area (TPSA) is 110 Å². The van der Waals surface area contributed by atoms with Crippen molar-refractivity contribution in [2.24, 2.45) is 0 Å². The summed E-state index contributed by atoms with van der Waals surface area (Å²) in [6.07, 6.45) is 3.76. The number of hydrogen-bond acceptors (Lipinski definition) is 5. The Balaban J connectivity index is 2.17. The van der Waals surface area contributed by atoms with Crippen LogP contribution in [0.25, 0.3) is 0 Å². The normalized spacial score (nSPS) is 11.5. The number of nitrogens with one attached hydrogen (secondary N) is 2. The monoisotopic (exact) mass is 374 g/mol. The van der Waals surface area contributed by atoms with Gasteiger partial charge in [-0.1, -0.05) is 0 Å². The highest BCUT2D eigenvalue weighted by Gasteiger charge is 2.20. The second-order valence-electron chi connectivity index (χ2n) is 4.21. The molecule has 0 atom stereocenters. The average molecular weight is 375 g/mol. The molecular weight excluding hydrogens is 360 g/mol. The molecule has 1 aromatic carbocycles. The van der Waals surface area contributed by atoms with Crippen molar-refractivity contribution in [3.8, 4) is 5.75 Å². The zero-order valence-electron chi connectivity index (χ0n) is 11.3. The van der Waals surface area contributed by atoms with Gasteiger partial charge in [-0.05, 0) is 28.1 Å². The number of aromatic amines is 1. The molecule has 114 valence electrons. The van der Waals surface area contributed by atoms with Gasteiger partial charge >= 0.3 is 0 Å². The number of ether oxygens (including phenoxy) is 1. The van der Waals surface area contributed by atoms with Gasteiger partial charge in [0.2, 0.25) is 10.0 Å². The molecule has 0 aliphatic rings. The van der Waals surface area contributed by atoms with E-state index in [1.165, 1.54) is 19.2 Å². The average Bonchev–Trinajstić information content (AvgIpc) is 2.94. The number of imidazole rings is 1. The largest absolute Gasteiger partial charge is 0.495 e. The second kappa shape index (κ2) is 6.46. The Bertz CT molecular complexity index is 716. The van der Waals surface area contributed by atoms with Crippen molar-refractivity contribution >= 4 is 31.6 Å². The predicted molar refractivity (Wildman–Crippen MR) is 82.6 cm³/mol. The van der Waals surface area contributed by atoms with Crippen LogP contribution in [-0.4, -0.2) is 32.0 Å². The van der Waals surface area contributed by atoms with Crippen molar-refractivity contribution in [1.29, 1.82) is 0 Å². The predicted octanol–water partition coefficient (Wildman–Crippen LogP) is 1.28. The molecule has 1 aromatic heterocycles. The third kappa shape index (κ3) is 3.74. The van der Waals surface area contributed by atoms with Gasteiger partial charge in [-0.2, -0.15) is 0 Å². The molecule has 1 heterocycles. The molecule has 0 saturated heterocycles. The van der Waals surface area contributed by atoms with Crippen LogP contribution in [0.15, 0.2) is 33.9 Å². The van der Waals surface area contributed by atoms with Crippen LogP contribution >= 0.6 is 15.9 Å². The minimum absolute atomic E-state index is 0.00476. The lowest BCUT2D eigenvalue weighted by Crippen LogP contribution is -2.26. The highest BCUT2D eigenvalue weighted by atomic mass is 79.9. The summed E-state index contributed by atoms with van der Waals surface area (Å²) < 4.78 is 32.8. The molecule has 7 nitrogen and oxygen atoms in total. The first-order valence-corrected chi connectivity index (χ1v) is 8.32. The summed E-state index contributed by atoms with van der Waals surface area (Å²) in [5.41, 5.74) is 6.06. The van der Waals surface area contributed by atoms with Crippen LogP contribution in [-0.2, 0) is 16.4 Å². The van der Waals surface area contributed by atoms with Crippen LogP contribution in [0.4, 0.5) is 5.69 Å². The van der Waals surface area contributed by atoms with E-state index in [4.69, 9.17) is 10.5 Å². The van der Waals surface area contributed by atoms with Gasteiger partial charge in [0.05, 0.1) is 7.11 Å². The fourth-order valence-electron chi connectivity index (χ4n) is 1.74. The molecule has 0 aliphatic carbocycles. The number of halogens is 1. The van der Waals surface area contributed by atoms with Crippen molar-refractivity contribution in [3.63, 3.8) is 0 Å². The Hall–Kier alpha value is -1.58. The quantitative estimate of drug-likeness (QED) is 0.659.